The van der Waals surface area contributed by atoms with Crippen molar-refractivity contribution >= 4 is 17.4 Å². The molecule has 0 unspecified atom stereocenters. The maximum Gasteiger partial charge on any atom is 0.326 e. The Labute approximate surface area is 182 Å². The Morgan fingerprint density at radius 1 is 1.26 bits per heavy atom. The minimum Gasteiger partial charge on any atom is -0.494 e. The fourth-order valence-corrected chi connectivity index (χ4v) is 3.63. The smallest absolute Gasteiger partial charge is 0.326 e. The number of anilines is 2. The normalized spacial score (nSPS) is 13.1. The number of carbonyl (C=O) groups is 1. The summed E-state index contributed by atoms with van der Waals surface area (Å²) in [5, 5.41) is 2.53. The molecule has 5 nitrogen and oxygen atoms in total. The predicted octanol–water partition coefficient (Wildman–Crippen LogP) is 5.23. The van der Waals surface area contributed by atoms with Crippen molar-refractivity contribution in [1.29, 1.82) is 0 Å². The number of likely N-dealkylation sites (N-methyl/N-ethyl adjacent to an activating group) is 1. The van der Waals surface area contributed by atoms with E-state index < -0.39 is 17.7 Å². The highest BCUT2D eigenvalue weighted by Crippen LogP contribution is 2.31. The lowest BCUT2D eigenvalue weighted by atomic mass is 10.0. The van der Waals surface area contributed by atoms with Gasteiger partial charge in [-0.25, -0.2) is 13.6 Å². The van der Waals surface area contributed by atoms with Crippen molar-refractivity contribution in [2.24, 2.45) is 0 Å². The molecule has 7 heteroatoms. The van der Waals surface area contributed by atoms with Crippen LogP contribution in [0.25, 0.3) is 0 Å². The van der Waals surface area contributed by atoms with Crippen LogP contribution in [0.1, 0.15) is 24.8 Å². The van der Waals surface area contributed by atoms with Gasteiger partial charge in [-0.2, -0.15) is 0 Å². The SMILES string of the molecule is C=CCN(C)CCCCOc1ccc2c(c1)CCCN2C(=O)Nc1ccc(F)cc1F. The summed E-state index contributed by atoms with van der Waals surface area (Å²) < 4.78 is 32.9. The van der Waals surface area contributed by atoms with E-state index in [0.717, 1.165) is 67.9 Å². The van der Waals surface area contributed by atoms with Crippen LogP contribution in [0.15, 0.2) is 49.1 Å². The lowest BCUT2D eigenvalue weighted by Crippen LogP contribution is -2.38. The molecule has 2 amide bonds. The van der Waals surface area contributed by atoms with Crippen molar-refractivity contribution in [3.63, 3.8) is 0 Å². The van der Waals surface area contributed by atoms with Gasteiger partial charge in [-0.3, -0.25) is 4.90 Å². The van der Waals surface area contributed by atoms with E-state index in [-0.39, 0.29) is 5.69 Å². The maximum atomic E-state index is 13.9. The third kappa shape index (κ3) is 6.28. The summed E-state index contributed by atoms with van der Waals surface area (Å²) in [5.41, 5.74) is 1.76. The van der Waals surface area contributed by atoms with Gasteiger partial charge in [0.2, 0.25) is 0 Å². The molecule has 1 heterocycles. The second kappa shape index (κ2) is 10.9. The molecule has 1 aliphatic heterocycles. The number of amides is 2. The monoisotopic (exact) mass is 429 g/mol. The highest BCUT2D eigenvalue weighted by Gasteiger charge is 2.23. The van der Waals surface area contributed by atoms with E-state index in [1.54, 1.807) is 4.90 Å². The number of nitrogens with zero attached hydrogens (tertiary/aromatic N) is 2. The van der Waals surface area contributed by atoms with E-state index in [0.29, 0.717) is 13.2 Å². The van der Waals surface area contributed by atoms with Crippen LogP contribution < -0.4 is 15.0 Å². The number of benzene rings is 2. The fourth-order valence-electron chi connectivity index (χ4n) is 3.63. The van der Waals surface area contributed by atoms with Gasteiger partial charge in [0.1, 0.15) is 17.4 Å². The zero-order valence-corrected chi connectivity index (χ0v) is 17.9. The number of hydrogen-bond acceptors (Lipinski definition) is 3. The zero-order chi connectivity index (χ0) is 22.2. The molecule has 3 rings (SSSR count). The van der Waals surface area contributed by atoms with Crippen molar-refractivity contribution in [2.75, 3.05) is 43.5 Å². The first-order valence-electron chi connectivity index (χ1n) is 10.6. The molecule has 1 aliphatic rings. The quantitative estimate of drug-likeness (QED) is 0.439. The number of carbonyl (C=O) groups excluding carboxylic acids is 1. The number of halogens is 2. The average Bonchev–Trinajstić information content (AvgIpc) is 2.75. The zero-order valence-electron chi connectivity index (χ0n) is 17.9. The Morgan fingerprint density at radius 2 is 2.10 bits per heavy atom. The van der Waals surface area contributed by atoms with E-state index >= 15 is 0 Å². The molecule has 0 fully saturated rings. The van der Waals surface area contributed by atoms with Crippen LogP contribution in [0.3, 0.4) is 0 Å². The first-order chi connectivity index (χ1) is 15.0. The number of hydrogen-bond donors (Lipinski definition) is 1. The summed E-state index contributed by atoms with van der Waals surface area (Å²) in [7, 11) is 2.07. The molecular weight excluding hydrogens is 400 g/mol. The molecular formula is C24H29F2N3O2. The van der Waals surface area contributed by atoms with Gasteiger partial charge in [-0.05, 0) is 75.2 Å². The molecule has 0 saturated carbocycles. The van der Waals surface area contributed by atoms with E-state index in [4.69, 9.17) is 4.74 Å². The van der Waals surface area contributed by atoms with E-state index in [1.165, 1.54) is 6.07 Å². The van der Waals surface area contributed by atoms with Crippen molar-refractivity contribution in [1.82, 2.24) is 4.90 Å². The fraction of sp³-hybridized carbons (Fsp3) is 0.375. The average molecular weight is 430 g/mol. The number of nitrogens with one attached hydrogen (secondary N) is 1. The predicted molar refractivity (Wildman–Crippen MR) is 120 cm³/mol. The van der Waals surface area contributed by atoms with Crippen molar-refractivity contribution in [2.45, 2.75) is 25.7 Å². The van der Waals surface area contributed by atoms with Crippen LogP contribution in [0.2, 0.25) is 0 Å². The number of fused-ring (bicyclic) bond motifs is 1. The minimum atomic E-state index is -0.801. The molecule has 166 valence electrons. The van der Waals surface area contributed by atoms with Crippen LogP contribution in [0.4, 0.5) is 25.0 Å². The number of urea groups is 1. The van der Waals surface area contributed by atoms with Crippen LogP contribution in [-0.4, -0.2) is 44.2 Å². The summed E-state index contributed by atoms with van der Waals surface area (Å²) in [6, 6.07) is 8.33. The highest BCUT2D eigenvalue weighted by molar-refractivity contribution is 6.02. The van der Waals surface area contributed by atoms with Gasteiger partial charge >= 0.3 is 6.03 Å². The third-order valence-electron chi connectivity index (χ3n) is 5.23. The van der Waals surface area contributed by atoms with Crippen LogP contribution in [-0.2, 0) is 6.42 Å². The number of ether oxygens (including phenoxy) is 1. The Balaban J connectivity index is 1.57. The third-order valence-corrected chi connectivity index (χ3v) is 5.23. The lowest BCUT2D eigenvalue weighted by molar-refractivity contribution is 0.256. The summed E-state index contributed by atoms with van der Waals surface area (Å²) in [6.45, 7) is 6.78. The second-order valence-corrected chi connectivity index (χ2v) is 7.71. The Hall–Kier alpha value is -2.93. The number of aryl methyl sites for hydroxylation is 1. The van der Waals surface area contributed by atoms with Gasteiger partial charge in [0, 0.05) is 24.8 Å². The van der Waals surface area contributed by atoms with Crippen LogP contribution >= 0.6 is 0 Å². The van der Waals surface area contributed by atoms with Gasteiger partial charge in [0.05, 0.1) is 12.3 Å². The summed E-state index contributed by atoms with van der Waals surface area (Å²) in [5.74, 6) is -0.704. The molecule has 0 aliphatic carbocycles. The molecule has 2 aromatic rings. The first kappa shape index (κ1) is 22.7. The maximum absolute atomic E-state index is 13.9. The van der Waals surface area contributed by atoms with E-state index in [2.05, 4.69) is 23.8 Å². The Kier molecular flexibility index (Phi) is 8.00. The molecule has 1 N–H and O–H groups in total. The standard InChI is InChI=1S/C24H29F2N3O2/c1-3-12-28(2)13-4-5-15-31-20-9-11-23-18(16-20)7-6-14-29(23)24(30)27-22-10-8-19(25)17-21(22)26/h3,8-11,16-17H,1,4-7,12-15H2,2H3,(H,27,30). The van der Waals surface area contributed by atoms with Crippen molar-refractivity contribution in [3.8, 4) is 5.75 Å². The van der Waals surface area contributed by atoms with E-state index in [1.807, 2.05) is 24.3 Å². The number of unbranched alkanes of at least 4 members (excludes halogenated alkanes) is 1. The molecule has 31 heavy (non-hydrogen) atoms. The largest absolute Gasteiger partial charge is 0.494 e. The van der Waals surface area contributed by atoms with Crippen molar-refractivity contribution < 1.29 is 18.3 Å². The Morgan fingerprint density at radius 3 is 2.87 bits per heavy atom. The molecule has 0 saturated heterocycles. The molecule has 0 bridgehead atoms. The van der Waals surface area contributed by atoms with E-state index in [9.17, 15) is 13.6 Å². The highest BCUT2D eigenvalue weighted by atomic mass is 19.1. The molecule has 0 radical (unpaired) electrons. The Bertz CT molecular complexity index is 920. The van der Waals surface area contributed by atoms with Gasteiger partial charge in [-0.1, -0.05) is 6.08 Å². The van der Waals surface area contributed by atoms with Gasteiger partial charge in [0.25, 0.3) is 0 Å². The van der Waals surface area contributed by atoms with Crippen LogP contribution in [0.5, 0.6) is 5.75 Å². The lowest BCUT2D eigenvalue weighted by Gasteiger charge is -2.30. The minimum absolute atomic E-state index is 0.0442. The second-order valence-electron chi connectivity index (χ2n) is 7.71. The first-order valence-corrected chi connectivity index (χ1v) is 10.6. The van der Waals surface area contributed by atoms with Gasteiger partial charge in [0.15, 0.2) is 0 Å². The summed E-state index contributed by atoms with van der Waals surface area (Å²) in [6.07, 6.45) is 5.53. The summed E-state index contributed by atoms with van der Waals surface area (Å²) in [4.78, 5) is 16.5. The molecule has 0 atom stereocenters. The molecule has 0 spiro atoms. The number of rotatable bonds is 9. The van der Waals surface area contributed by atoms with Crippen molar-refractivity contribution in [3.05, 3.63) is 66.3 Å². The van der Waals surface area contributed by atoms with Gasteiger partial charge in [-0.15, -0.1) is 6.58 Å². The van der Waals surface area contributed by atoms with Crippen LogP contribution in [0, 0.1) is 11.6 Å². The molecule has 2 aromatic carbocycles. The summed E-state index contributed by atoms with van der Waals surface area (Å²) >= 11 is 0. The topological polar surface area (TPSA) is 44.8 Å². The molecule has 0 aromatic heterocycles. The van der Waals surface area contributed by atoms with Gasteiger partial charge < -0.3 is 15.0 Å².